The number of pyridine rings is 1. The topological polar surface area (TPSA) is 121 Å². The Hall–Kier alpha value is -3.49. The number of hydrogen-bond acceptors (Lipinski definition) is 4. The summed E-state index contributed by atoms with van der Waals surface area (Å²) in [6, 6.07) is 12.2. The summed E-state index contributed by atoms with van der Waals surface area (Å²) in [5.74, 6) is -1.72. The van der Waals surface area contributed by atoms with Gasteiger partial charge in [-0.1, -0.05) is 71.2 Å². The third-order valence-corrected chi connectivity index (χ3v) is 5.55. The van der Waals surface area contributed by atoms with Crippen molar-refractivity contribution in [3.8, 4) is 5.75 Å². The molecule has 0 bridgehead atoms. The Morgan fingerprint density at radius 1 is 1.06 bits per heavy atom. The Labute approximate surface area is 199 Å². The zero-order valence-corrected chi connectivity index (χ0v) is 19.0. The van der Waals surface area contributed by atoms with Gasteiger partial charge in [-0.25, -0.2) is 4.79 Å². The van der Waals surface area contributed by atoms with Crippen LogP contribution in [0.4, 0.5) is 10.5 Å². The first-order valence-corrected chi connectivity index (χ1v) is 10.6. The molecule has 0 radical (unpaired) electrons. The molecule has 172 valence electrons. The maximum Gasteiger partial charge on any atom is 0.319 e. The van der Waals surface area contributed by atoms with E-state index in [1.54, 1.807) is 48.5 Å². The van der Waals surface area contributed by atoms with Gasteiger partial charge in [-0.15, -0.1) is 0 Å². The Morgan fingerprint density at radius 2 is 1.73 bits per heavy atom. The lowest BCUT2D eigenvalue weighted by Gasteiger charge is -2.19. The number of rotatable bonds is 7. The fourth-order valence-corrected chi connectivity index (χ4v) is 3.60. The van der Waals surface area contributed by atoms with Crippen LogP contribution in [0.5, 0.6) is 5.75 Å². The van der Waals surface area contributed by atoms with E-state index in [0.717, 1.165) is 5.56 Å². The van der Waals surface area contributed by atoms with Gasteiger partial charge >= 0.3 is 12.0 Å². The second-order valence-corrected chi connectivity index (χ2v) is 8.20. The van der Waals surface area contributed by atoms with E-state index in [-0.39, 0.29) is 18.0 Å². The molecule has 0 aliphatic rings. The number of nitrogens with zero attached hydrogens (tertiary/aromatic N) is 1. The van der Waals surface area contributed by atoms with Crippen molar-refractivity contribution in [2.45, 2.75) is 25.9 Å². The quantitative estimate of drug-likeness (QED) is 0.387. The number of aromatic hydroxyl groups is 1. The number of benzene rings is 2. The molecule has 2 aromatic carbocycles. The van der Waals surface area contributed by atoms with Crippen LogP contribution in [0.25, 0.3) is 0 Å². The predicted molar refractivity (Wildman–Crippen MR) is 126 cm³/mol. The van der Waals surface area contributed by atoms with Crippen molar-refractivity contribution in [2.24, 2.45) is 0 Å². The highest BCUT2D eigenvalue weighted by Crippen LogP contribution is 2.29. The van der Waals surface area contributed by atoms with Gasteiger partial charge < -0.3 is 25.4 Å². The van der Waals surface area contributed by atoms with Crippen molar-refractivity contribution < 1.29 is 19.8 Å². The molecule has 10 heteroatoms. The van der Waals surface area contributed by atoms with Crippen LogP contribution >= 0.6 is 23.2 Å². The first-order valence-electron chi connectivity index (χ1n) is 9.87. The fourth-order valence-electron chi connectivity index (χ4n) is 3.19. The summed E-state index contributed by atoms with van der Waals surface area (Å²) in [7, 11) is 0. The number of carbonyl (C=O) groups is 2. The van der Waals surface area contributed by atoms with Crippen molar-refractivity contribution in [1.29, 1.82) is 0 Å². The summed E-state index contributed by atoms with van der Waals surface area (Å²) in [5.41, 5.74) is 1.03. The van der Waals surface area contributed by atoms with Crippen molar-refractivity contribution in [2.75, 3.05) is 5.32 Å². The van der Waals surface area contributed by atoms with E-state index >= 15 is 0 Å². The highest BCUT2D eigenvalue weighted by Gasteiger charge is 2.21. The molecule has 3 aromatic rings. The van der Waals surface area contributed by atoms with E-state index in [9.17, 15) is 24.6 Å². The third-order valence-electron chi connectivity index (χ3n) is 4.91. The highest BCUT2D eigenvalue weighted by molar-refractivity contribution is 6.32. The maximum atomic E-state index is 12.9. The summed E-state index contributed by atoms with van der Waals surface area (Å²) in [6.45, 7) is 1.94. The number of carboxylic acid groups (broad SMARTS) is 1. The summed E-state index contributed by atoms with van der Waals surface area (Å²) >= 11 is 12.2. The van der Waals surface area contributed by atoms with Gasteiger partial charge in [0.25, 0.3) is 5.56 Å². The van der Waals surface area contributed by atoms with E-state index in [1.807, 2.05) is 6.92 Å². The minimum atomic E-state index is -1.12. The molecule has 3 rings (SSSR count). The summed E-state index contributed by atoms with van der Waals surface area (Å²) in [4.78, 5) is 36.9. The molecule has 0 fully saturated rings. The zero-order valence-electron chi connectivity index (χ0n) is 17.5. The van der Waals surface area contributed by atoms with Crippen LogP contribution < -0.4 is 16.2 Å². The van der Waals surface area contributed by atoms with Crippen LogP contribution in [-0.4, -0.2) is 26.8 Å². The lowest BCUT2D eigenvalue weighted by atomic mass is 10.0. The lowest BCUT2D eigenvalue weighted by molar-refractivity contribution is -0.137. The van der Waals surface area contributed by atoms with E-state index in [4.69, 9.17) is 23.2 Å². The predicted octanol–water partition coefficient (Wildman–Crippen LogP) is 4.55. The Bertz CT molecular complexity index is 1240. The fraction of sp³-hybridized carbons (Fsp3) is 0.174. The lowest BCUT2D eigenvalue weighted by Crippen LogP contribution is -2.36. The standard InChI is InChI=1S/C23H21Cl2N3O5/c1-13-6-8-14(9-7-13)18(10-19(29)30)26-23(33)27-20-21(31)17(25)12-28(22(20)32)11-15-4-2-3-5-16(15)24/h2-9,12,18,31H,10-11H2,1H3,(H,29,30)(H2,26,27,33)/t18-/m0/s1. The highest BCUT2D eigenvalue weighted by atomic mass is 35.5. The molecule has 0 aliphatic carbocycles. The molecule has 0 unspecified atom stereocenters. The van der Waals surface area contributed by atoms with Gasteiger partial charge in [-0.05, 0) is 24.1 Å². The average molecular weight is 490 g/mol. The second kappa shape index (κ2) is 10.4. The molecule has 0 aliphatic heterocycles. The van der Waals surface area contributed by atoms with E-state index < -0.39 is 35.0 Å². The van der Waals surface area contributed by atoms with E-state index in [2.05, 4.69) is 10.6 Å². The summed E-state index contributed by atoms with van der Waals surface area (Å²) in [6.07, 6.45) is 0.861. The van der Waals surface area contributed by atoms with Gasteiger partial charge in [0.1, 0.15) is 5.02 Å². The maximum absolute atomic E-state index is 12.9. The molecule has 4 N–H and O–H groups in total. The van der Waals surface area contributed by atoms with Crippen molar-refractivity contribution >= 4 is 40.9 Å². The number of carbonyl (C=O) groups excluding carboxylic acids is 1. The molecule has 1 heterocycles. The number of urea groups is 1. The van der Waals surface area contributed by atoms with Crippen molar-refractivity contribution in [1.82, 2.24) is 9.88 Å². The number of aromatic nitrogens is 1. The molecular formula is C23H21Cl2N3O5. The van der Waals surface area contributed by atoms with Gasteiger partial charge in [0, 0.05) is 11.2 Å². The zero-order chi connectivity index (χ0) is 24.1. The Morgan fingerprint density at radius 3 is 2.36 bits per heavy atom. The Kier molecular flexibility index (Phi) is 7.63. The molecule has 1 atom stereocenters. The van der Waals surface area contributed by atoms with Gasteiger partial charge in [0.15, 0.2) is 11.4 Å². The third kappa shape index (κ3) is 6.06. The number of aryl methyl sites for hydroxylation is 1. The summed E-state index contributed by atoms with van der Waals surface area (Å²) in [5, 5.41) is 24.6. The van der Waals surface area contributed by atoms with Gasteiger partial charge in [0.05, 0.1) is 19.0 Å². The van der Waals surface area contributed by atoms with Crippen LogP contribution in [0.15, 0.2) is 59.5 Å². The van der Waals surface area contributed by atoms with Gasteiger partial charge in [-0.3, -0.25) is 9.59 Å². The second-order valence-electron chi connectivity index (χ2n) is 7.38. The van der Waals surface area contributed by atoms with Crippen molar-refractivity contribution in [3.05, 3.63) is 91.8 Å². The Balaban J connectivity index is 1.86. The molecule has 2 amide bonds. The monoisotopic (exact) mass is 489 g/mol. The first kappa shape index (κ1) is 24.2. The van der Waals surface area contributed by atoms with Crippen LogP contribution in [0, 0.1) is 6.92 Å². The van der Waals surface area contributed by atoms with Crippen LogP contribution in [0.3, 0.4) is 0 Å². The van der Waals surface area contributed by atoms with Crippen molar-refractivity contribution in [3.63, 3.8) is 0 Å². The minimum Gasteiger partial charge on any atom is -0.504 e. The van der Waals surface area contributed by atoms with Crippen LogP contribution in [0.2, 0.25) is 10.0 Å². The first-order chi connectivity index (χ1) is 15.7. The molecule has 0 saturated carbocycles. The normalized spacial score (nSPS) is 11.6. The number of nitrogens with one attached hydrogen (secondary N) is 2. The summed E-state index contributed by atoms with van der Waals surface area (Å²) < 4.78 is 1.20. The number of aliphatic carboxylic acids is 1. The van der Waals surface area contributed by atoms with Crippen LogP contribution in [0.1, 0.15) is 29.2 Å². The van der Waals surface area contributed by atoms with E-state index in [0.29, 0.717) is 16.1 Å². The molecule has 1 aromatic heterocycles. The van der Waals surface area contributed by atoms with Gasteiger partial charge in [-0.2, -0.15) is 0 Å². The number of carboxylic acids is 1. The molecular weight excluding hydrogens is 469 g/mol. The van der Waals surface area contributed by atoms with E-state index in [1.165, 1.54) is 10.8 Å². The number of hydrogen-bond donors (Lipinski definition) is 4. The number of halogens is 2. The van der Waals surface area contributed by atoms with Gasteiger partial charge in [0.2, 0.25) is 0 Å². The molecule has 0 spiro atoms. The smallest absolute Gasteiger partial charge is 0.319 e. The minimum absolute atomic E-state index is 0.0554. The van der Waals surface area contributed by atoms with Crippen LogP contribution in [-0.2, 0) is 11.3 Å². The molecule has 33 heavy (non-hydrogen) atoms. The molecule has 0 saturated heterocycles. The average Bonchev–Trinajstić information content (AvgIpc) is 2.76. The number of anilines is 1. The number of amides is 2. The largest absolute Gasteiger partial charge is 0.504 e. The molecule has 8 nitrogen and oxygen atoms in total. The SMILES string of the molecule is Cc1ccc([C@H](CC(=O)O)NC(=O)Nc2c(O)c(Cl)cn(Cc3ccccc3Cl)c2=O)cc1.